The minimum atomic E-state index is -3.48. The molecule has 46 heavy (non-hydrogen) atoms. The molecule has 4 heterocycles. The molecule has 2 radical (unpaired) electrons. The highest BCUT2D eigenvalue weighted by molar-refractivity contribution is 7.92. The molecular formula is C31H31B2N5O7S. The number of aromatic nitrogens is 3. The van der Waals surface area contributed by atoms with Crippen LogP contribution in [0.1, 0.15) is 52.7 Å². The van der Waals surface area contributed by atoms with Gasteiger partial charge in [-0.25, -0.2) is 23.2 Å². The number of hydrogen-bond donors (Lipinski definition) is 0. The van der Waals surface area contributed by atoms with Gasteiger partial charge in [-0.05, 0) is 52.3 Å². The molecule has 0 bridgehead atoms. The molecule has 1 unspecified atom stereocenters. The second kappa shape index (κ2) is 11.7. The van der Waals surface area contributed by atoms with Crippen LogP contribution in [0.2, 0.25) is 0 Å². The van der Waals surface area contributed by atoms with Crippen LogP contribution < -0.4 is 0 Å². The first-order chi connectivity index (χ1) is 23.7. The predicted octanol–water partition coefficient (Wildman–Crippen LogP) is 4.78. The Morgan fingerprint density at radius 2 is 1.78 bits per heavy atom. The molecule has 0 N–H and O–H groups in total. The maximum absolute atomic E-state index is 12.8. The fourth-order valence-electron chi connectivity index (χ4n) is 4.29. The lowest BCUT2D eigenvalue weighted by molar-refractivity contribution is 0.0285. The standard InChI is InChI=1S/C31H31B2N5O7S/c1-18(2)46(40,41)22-13-11-21(12-14-22)24-16-34-27(31(33-45-31)36-28-32-43-28)26(35-24)25-15-23(37-44-25)20-9-7-19(8-10-20)17-38(6)29(39)42-30(3,4)5/h7-16,18H,17H2,1-6H3/i6D3,17D2. The number of amides is 1. The Kier molecular flexibility index (Phi) is 6.53. The van der Waals surface area contributed by atoms with Gasteiger partial charge in [0.25, 0.3) is 0 Å². The van der Waals surface area contributed by atoms with Crippen molar-refractivity contribution in [2.24, 2.45) is 4.99 Å². The third kappa shape index (κ3) is 6.70. The predicted molar refractivity (Wildman–Crippen MR) is 171 cm³/mol. The summed E-state index contributed by atoms with van der Waals surface area (Å²) in [6, 6.07) is 13.5. The highest BCUT2D eigenvalue weighted by Crippen LogP contribution is 2.43. The molecule has 2 fully saturated rings. The minimum absolute atomic E-state index is 0.0963. The fourth-order valence-corrected chi connectivity index (χ4v) is 5.35. The smallest absolute Gasteiger partial charge is 0.474 e. The van der Waals surface area contributed by atoms with Crippen molar-refractivity contribution in [1.29, 1.82) is 0 Å². The van der Waals surface area contributed by atoms with Crippen molar-refractivity contribution in [3.8, 4) is 34.0 Å². The summed E-state index contributed by atoms with van der Waals surface area (Å²) in [5.74, 6) is 0.528. The van der Waals surface area contributed by atoms with E-state index in [0.717, 1.165) is 0 Å². The molecule has 1 amide bonds. The van der Waals surface area contributed by atoms with Crippen molar-refractivity contribution in [2.45, 2.75) is 62.5 Å². The molecule has 0 saturated carbocycles. The largest absolute Gasteiger partial charge is 0.549 e. The summed E-state index contributed by atoms with van der Waals surface area (Å²) in [7, 11) is -0.589. The highest BCUT2D eigenvalue weighted by Gasteiger charge is 2.54. The quantitative estimate of drug-likeness (QED) is 0.184. The van der Waals surface area contributed by atoms with Gasteiger partial charge in [-0.2, -0.15) is 0 Å². The van der Waals surface area contributed by atoms with Gasteiger partial charge in [0.1, 0.15) is 22.7 Å². The van der Waals surface area contributed by atoms with E-state index in [1.165, 1.54) is 57.6 Å². The third-order valence-electron chi connectivity index (χ3n) is 6.79. The van der Waals surface area contributed by atoms with E-state index in [0.29, 0.717) is 28.3 Å². The Hall–Kier alpha value is -4.49. The zero-order chi connectivity index (χ0) is 37.1. The van der Waals surface area contributed by atoms with E-state index < -0.39 is 45.9 Å². The number of carbonyl (C=O) groups excluding carboxylic acids is 1. The summed E-state index contributed by atoms with van der Waals surface area (Å²) in [5.41, 5.74) is -0.196. The van der Waals surface area contributed by atoms with Crippen LogP contribution in [0, 0.1) is 0 Å². The van der Waals surface area contributed by atoms with Gasteiger partial charge in [-0.15, -0.1) is 0 Å². The molecule has 0 aliphatic carbocycles. The zero-order valence-electron chi connectivity index (χ0n) is 30.5. The number of hydrogen-bond acceptors (Lipinski definition) is 11. The van der Waals surface area contributed by atoms with Crippen molar-refractivity contribution < 1.29 is 38.6 Å². The summed E-state index contributed by atoms with van der Waals surface area (Å²) in [6.07, 6.45) is 0.170. The van der Waals surface area contributed by atoms with Gasteiger partial charge in [-0.3, -0.25) is 4.98 Å². The van der Waals surface area contributed by atoms with Crippen LogP contribution >= 0.6 is 0 Å². The molecule has 2 aromatic heterocycles. The van der Waals surface area contributed by atoms with Gasteiger partial charge in [0.05, 0.1) is 24.8 Å². The van der Waals surface area contributed by atoms with Crippen LogP contribution in [0.4, 0.5) is 4.79 Å². The van der Waals surface area contributed by atoms with Gasteiger partial charge in [0, 0.05) is 34.8 Å². The van der Waals surface area contributed by atoms with E-state index in [-0.39, 0.29) is 32.5 Å². The fraction of sp³-hybridized carbons (Fsp3) is 0.323. The Bertz CT molecular complexity index is 2110. The van der Waals surface area contributed by atoms with E-state index in [1.807, 2.05) is 0 Å². The van der Waals surface area contributed by atoms with Crippen LogP contribution in [0.25, 0.3) is 34.0 Å². The van der Waals surface area contributed by atoms with Crippen molar-refractivity contribution >= 4 is 36.7 Å². The maximum atomic E-state index is 12.8. The summed E-state index contributed by atoms with van der Waals surface area (Å²) < 4.78 is 87.7. The Morgan fingerprint density at radius 1 is 1.13 bits per heavy atom. The van der Waals surface area contributed by atoms with Crippen LogP contribution in [0.15, 0.2) is 75.2 Å². The number of nitrogens with zero attached hydrogens (tertiary/aromatic N) is 5. The van der Waals surface area contributed by atoms with Gasteiger partial charge in [0.2, 0.25) is 0 Å². The number of carbonyl (C=O) groups is 1. The van der Waals surface area contributed by atoms with E-state index in [2.05, 4.69) is 15.1 Å². The van der Waals surface area contributed by atoms with Gasteiger partial charge < -0.3 is 23.5 Å². The molecule has 4 aromatic rings. The molecule has 0 spiro atoms. The minimum Gasteiger partial charge on any atom is -0.549 e. The lowest BCUT2D eigenvalue weighted by Gasteiger charge is -2.24. The number of benzene rings is 2. The van der Waals surface area contributed by atoms with E-state index in [9.17, 15) is 13.2 Å². The van der Waals surface area contributed by atoms with Crippen molar-refractivity contribution in [3.63, 3.8) is 0 Å². The van der Waals surface area contributed by atoms with Gasteiger partial charge in [0.15, 0.2) is 27.0 Å². The first-order valence-corrected chi connectivity index (χ1v) is 15.7. The summed E-state index contributed by atoms with van der Waals surface area (Å²) in [5, 5.41) is 3.59. The Labute approximate surface area is 275 Å². The lowest BCUT2D eigenvalue weighted by atomic mass is 9.91. The topological polar surface area (TPSA) is 153 Å². The molecule has 2 aromatic carbocycles. The zero-order valence-corrected chi connectivity index (χ0v) is 26.3. The van der Waals surface area contributed by atoms with Gasteiger partial charge in [-0.1, -0.05) is 41.6 Å². The Morgan fingerprint density at radius 3 is 2.37 bits per heavy atom. The monoisotopic (exact) mass is 644 g/mol. The SMILES string of the molecule is [2H]C([2H])([2H])N(C(=O)OC(C)(C)C)C([2H])([2H])c1ccc(-c2cc(-c3nc(-c4ccc(S(=O)(=O)C(C)C)cc4)cnc3C3(N=C4[B]O4)[B]O3)on2)cc1. The van der Waals surface area contributed by atoms with Crippen molar-refractivity contribution in [3.05, 3.63) is 72.1 Å². The summed E-state index contributed by atoms with van der Waals surface area (Å²) in [4.78, 5) is 26.9. The molecule has 15 heteroatoms. The van der Waals surface area contributed by atoms with E-state index >= 15 is 0 Å². The van der Waals surface area contributed by atoms with E-state index in [1.54, 1.807) is 52.8 Å². The summed E-state index contributed by atoms with van der Waals surface area (Å²) >= 11 is 0. The average molecular weight is 644 g/mol. The number of sulfone groups is 1. The van der Waals surface area contributed by atoms with E-state index in [4.69, 9.17) is 30.4 Å². The molecule has 2 aliphatic heterocycles. The molecular weight excluding hydrogens is 608 g/mol. The molecule has 6 rings (SSSR count). The number of aliphatic imine (C=N–C) groups is 1. The second-order valence-corrected chi connectivity index (χ2v) is 14.3. The van der Waals surface area contributed by atoms with Gasteiger partial charge >= 0.3 is 21.1 Å². The molecule has 1 atom stereocenters. The Balaban J connectivity index is 1.34. The maximum Gasteiger partial charge on any atom is 0.474 e. The van der Waals surface area contributed by atoms with Crippen LogP contribution in [0.3, 0.4) is 0 Å². The van der Waals surface area contributed by atoms with Crippen LogP contribution in [-0.4, -0.2) is 73.1 Å². The molecule has 2 saturated heterocycles. The van der Waals surface area contributed by atoms with Crippen LogP contribution in [0.5, 0.6) is 0 Å². The van der Waals surface area contributed by atoms with Crippen molar-refractivity contribution in [2.75, 3.05) is 6.98 Å². The average Bonchev–Trinajstić information content (AvgIpc) is 3.97. The van der Waals surface area contributed by atoms with Crippen molar-refractivity contribution in [1.82, 2.24) is 20.0 Å². The summed E-state index contributed by atoms with van der Waals surface area (Å²) in [6.45, 7) is 1.94. The lowest BCUT2D eigenvalue weighted by Crippen LogP contribution is -2.33. The normalized spacial score (nSPS) is 20.2. The third-order valence-corrected chi connectivity index (χ3v) is 8.96. The first kappa shape index (κ1) is 25.7. The molecule has 2 aliphatic rings. The first-order valence-electron chi connectivity index (χ1n) is 16.7. The number of rotatable bonds is 9. The molecule has 234 valence electrons. The number of ether oxygens (including phenoxy) is 1. The highest BCUT2D eigenvalue weighted by atomic mass is 32.2. The second-order valence-electron chi connectivity index (χ2n) is 11.8. The van der Waals surface area contributed by atoms with Crippen LogP contribution in [-0.2, 0) is 36.0 Å². The molecule has 12 nitrogen and oxygen atoms in total.